The maximum atomic E-state index is 13.7. The second-order valence-electron chi connectivity index (χ2n) is 4.45. The zero-order valence-corrected chi connectivity index (χ0v) is 10.1. The van der Waals surface area contributed by atoms with Gasteiger partial charge in [-0.15, -0.1) is 0 Å². The van der Waals surface area contributed by atoms with E-state index in [9.17, 15) is 4.39 Å². The second-order valence-corrected chi connectivity index (χ2v) is 4.45. The predicted molar refractivity (Wildman–Crippen MR) is 69.5 cm³/mol. The smallest absolute Gasteiger partial charge is 0.165 e. The van der Waals surface area contributed by atoms with Crippen LogP contribution in [0.25, 0.3) is 0 Å². The van der Waals surface area contributed by atoms with Crippen LogP contribution in [0.1, 0.15) is 17.2 Å². The third kappa shape index (κ3) is 1.82. The lowest BCUT2D eigenvalue weighted by molar-refractivity contribution is 0.386. The molecule has 0 saturated heterocycles. The summed E-state index contributed by atoms with van der Waals surface area (Å²) in [7, 11) is 1.47. The van der Waals surface area contributed by atoms with Crippen LogP contribution in [-0.2, 0) is 6.42 Å². The van der Waals surface area contributed by atoms with Gasteiger partial charge in [-0.25, -0.2) is 4.39 Å². The largest absolute Gasteiger partial charge is 0.494 e. The number of rotatable bonds is 2. The van der Waals surface area contributed by atoms with E-state index in [4.69, 9.17) is 4.74 Å². The number of anilines is 1. The zero-order valence-electron chi connectivity index (χ0n) is 10.1. The molecule has 0 aliphatic carbocycles. The van der Waals surface area contributed by atoms with Gasteiger partial charge in [-0.2, -0.15) is 0 Å². The van der Waals surface area contributed by atoms with E-state index in [1.807, 2.05) is 18.2 Å². The molecule has 18 heavy (non-hydrogen) atoms. The van der Waals surface area contributed by atoms with E-state index >= 15 is 0 Å². The van der Waals surface area contributed by atoms with Crippen LogP contribution in [0, 0.1) is 5.82 Å². The minimum Gasteiger partial charge on any atom is -0.494 e. The minimum atomic E-state index is -0.312. The normalized spacial score (nSPS) is 17.1. The minimum absolute atomic E-state index is 0.141. The molecule has 0 bridgehead atoms. The Morgan fingerprint density at radius 1 is 1.22 bits per heavy atom. The molecule has 0 saturated carbocycles. The summed E-state index contributed by atoms with van der Waals surface area (Å²) in [5.41, 5.74) is 3.36. The van der Waals surface area contributed by atoms with Gasteiger partial charge in [0.25, 0.3) is 0 Å². The van der Waals surface area contributed by atoms with Crippen LogP contribution >= 0.6 is 0 Å². The van der Waals surface area contributed by atoms with Crippen LogP contribution in [0.5, 0.6) is 5.75 Å². The lowest BCUT2D eigenvalue weighted by Crippen LogP contribution is -2.06. The van der Waals surface area contributed by atoms with Crippen molar-refractivity contribution in [2.45, 2.75) is 12.5 Å². The van der Waals surface area contributed by atoms with E-state index in [1.165, 1.54) is 12.7 Å². The molecule has 0 spiro atoms. The molecule has 2 nitrogen and oxygen atoms in total. The van der Waals surface area contributed by atoms with Gasteiger partial charge in [-0.1, -0.05) is 24.3 Å². The molecule has 0 fully saturated rings. The summed E-state index contributed by atoms with van der Waals surface area (Å²) in [6, 6.07) is 13.4. The quantitative estimate of drug-likeness (QED) is 0.871. The van der Waals surface area contributed by atoms with Crippen molar-refractivity contribution in [2.24, 2.45) is 0 Å². The first-order valence-corrected chi connectivity index (χ1v) is 5.96. The molecule has 3 heteroatoms. The molecule has 1 atom stereocenters. The Hall–Kier alpha value is -2.03. The fourth-order valence-corrected chi connectivity index (χ4v) is 2.40. The number of para-hydroxylation sites is 1. The number of nitrogens with one attached hydrogen (secondary N) is 1. The third-order valence-corrected chi connectivity index (χ3v) is 3.35. The van der Waals surface area contributed by atoms with Crippen LogP contribution in [0.3, 0.4) is 0 Å². The number of benzene rings is 2. The lowest BCUT2D eigenvalue weighted by Gasteiger charge is -2.12. The first kappa shape index (κ1) is 11.1. The van der Waals surface area contributed by atoms with Crippen molar-refractivity contribution in [2.75, 3.05) is 12.4 Å². The van der Waals surface area contributed by atoms with Crippen molar-refractivity contribution in [3.8, 4) is 5.75 Å². The molecule has 3 rings (SSSR count). The number of fused-ring (bicyclic) bond motifs is 1. The Labute approximate surface area is 105 Å². The Bertz CT molecular complexity index is 557. The molecule has 0 amide bonds. The van der Waals surface area contributed by atoms with Crippen molar-refractivity contribution >= 4 is 5.69 Å². The number of hydrogen-bond donors (Lipinski definition) is 1. The topological polar surface area (TPSA) is 21.3 Å². The van der Waals surface area contributed by atoms with E-state index in [1.54, 1.807) is 12.1 Å². The SMILES string of the molecule is COc1ccc(C2Cc3ccccc3N2)cc1F. The van der Waals surface area contributed by atoms with Gasteiger partial charge in [0, 0.05) is 5.69 Å². The molecule has 0 radical (unpaired) electrons. The molecule has 92 valence electrons. The van der Waals surface area contributed by atoms with Gasteiger partial charge in [0.2, 0.25) is 0 Å². The van der Waals surface area contributed by atoms with Crippen molar-refractivity contribution in [1.29, 1.82) is 0 Å². The highest BCUT2D eigenvalue weighted by Gasteiger charge is 2.22. The Morgan fingerprint density at radius 2 is 2.06 bits per heavy atom. The van der Waals surface area contributed by atoms with E-state index in [2.05, 4.69) is 17.4 Å². The molecular formula is C15H14FNO. The lowest BCUT2D eigenvalue weighted by atomic mass is 10.0. The molecule has 1 N–H and O–H groups in total. The fraction of sp³-hybridized carbons (Fsp3) is 0.200. The van der Waals surface area contributed by atoms with Crippen molar-refractivity contribution < 1.29 is 9.13 Å². The summed E-state index contributed by atoms with van der Waals surface area (Å²) in [5, 5.41) is 3.41. The van der Waals surface area contributed by atoms with Crippen molar-refractivity contribution in [3.63, 3.8) is 0 Å². The van der Waals surface area contributed by atoms with Gasteiger partial charge < -0.3 is 10.1 Å². The molecule has 2 aromatic carbocycles. The monoisotopic (exact) mass is 243 g/mol. The third-order valence-electron chi connectivity index (χ3n) is 3.35. The van der Waals surface area contributed by atoms with Gasteiger partial charge in [-0.3, -0.25) is 0 Å². The summed E-state index contributed by atoms with van der Waals surface area (Å²) < 4.78 is 18.6. The predicted octanol–water partition coefficient (Wildman–Crippen LogP) is 3.54. The summed E-state index contributed by atoms with van der Waals surface area (Å²) >= 11 is 0. The Kier molecular flexibility index (Phi) is 2.67. The number of halogens is 1. The van der Waals surface area contributed by atoms with E-state index in [0.29, 0.717) is 0 Å². The van der Waals surface area contributed by atoms with Gasteiger partial charge in [0.1, 0.15) is 0 Å². The van der Waals surface area contributed by atoms with E-state index < -0.39 is 0 Å². The summed E-state index contributed by atoms with van der Waals surface area (Å²) in [4.78, 5) is 0. The molecule has 1 aliphatic heterocycles. The summed E-state index contributed by atoms with van der Waals surface area (Å²) in [5.74, 6) is -0.0259. The first-order valence-electron chi connectivity index (χ1n) is 5.96. The standard InChI is InChI=1S/C15H14FNO/c1-18-15-7-6-11(8-12(15)16)14-9-10-4-2-3-5-13(10)17-14/h2-8,14,17H,9H2,1H3. The van der Waals surface area contributed by atoms with Crippen LogP contribution < -0.4 is 10.1 Å². The number of methoxy groups -OCH3 is 1. The molecule has 1 aliphatic rings. The van der Waals surface area contributed by atoms with Gasteiger partial charge >= 0.3 is 0 Å². The Morgan fingerprint density at radius 3 is 2.78 bits per heavy atom. The fourth-order valence-electron chi connectivity index (χ4n) is 2.40. The number of ether oxygens (including phenoxy) is 1. The molecule has 1 heterocycles. The summed E-state index contributed by atoms with van der Waals surface area (Å²) in [6.45, 7) is 0. The highest BCUT2D eigenvalue weighted by Crippen LogP contribution is 2.34. The first-order chi connectivity index (χ1) is 8.78. The molecule has 2 aromatic rings. The average molecular weight is 243 g/mol. The van der Waals surface area contributed by atoms with Crippen LogP contribution in [0.4, 0.5) is 10.1 Å². The zero-order chi connectivity index (χ0) is 12.5. The van der Waals surface area contributed by atoms with Gasteiger partial charge in [-0.05, 0) is 35.7 Å². The van der Waals surface area contributed by atoms with Gasteiger partial charge in [0.15, 0.2) is 11.6 Å². The number of hydrogen-bond acceptors (Lipinski definition) is 2. The molecular weight excluding hydrogens is 229 g/mol. The van der Waals surface area contributed by atoms with Gasteiger partial charge in [0.05, 0.1) is 13.2 Å². The van der Waals surface area contributed by atoms with Crippen LogP contribution in [-0.4, -0.2) is 7.11 Å². The van der Waals surface area contributed by atoms with E-state index in [0.717, 1.165) is 17.7 Å². The van der Waals surface area contributed by atoms with Crippen LogP contribution in [0.15, 0.2) is 42.5 Å². The van der Waals surface area contributed by atoms with Crippen LogP contribution in [0.2, 0.25) is 0 Å². The maximum absolute atomic E-state index is 13.7. The Balaban J connectivity index is 1.88. The molecule has 1 unspecified atom stereocenters. The highest BCUT2D eigenvalue weighted by atomic mass is 19.1. The molecule has 0 aromatic heterocycles. The average Bonchev–Trinajstić information content (AvgIpc) is 2.82. The highest BCUT2D eigenvalue weighted by molar-refractivity contribution is 5.58. The van der Waals surface area contributed by atoms with Crippen molar-refractivity contribution in [3.05, 3.63) is 59.4 Å². The van der Waals surface area contributed by atoms with E-state index in [-0.39, 0.29) is 17.6 Å². The van der Waals surface area contributed by atoms with Crippen molar-refractivity contribution in [1.82, 2.24) is 0 Å². The summed E-state index contributed by atoms with van der Waals surface area (Å²) in [6.07, 6.45) is 0.891. The second kappa shape index (κ2) is 4.33. The maximum Gasteiger partial charge on any atom is 0.165 e.